The van der Waals surface area contributed by atoms with Crippen molar-refractivity contribution in [3.63, 3.8) is 0 Å². The van der Waals surface area contributed by atoms with Crippen LogP contribution in [0.5, 0.6) is 0 Å². The van der Waals surface area contributed by atoms with E-state index >= 15 is 0 Å². The molecule has 150 valence electrons. The molecule has 2 fully saturated rings. The van der Waals surface area contributed by atoms with Gasteiger partial charge in [-0.05, 0) is 36.1 Å². The largest absolute Gasteiger partial charge is 0.335 e. The summed E-state index contributed by atoms with van der Waals surface area (Å²) in [6, 6.07) is 8.64. The number of carbonyl (C=O) groups excluding carboxylic acids is 2. The first-order valence-corrected chi connectivity index (χ1v) is 12.0. The maximum Gasteiger partial charge on any atom is 0.282 e. The van der Waals surface area contributed by atoms with Crippen LogP contribution in [0.4, 0.5) is 0 Å². The number of rotatable bonds is 4. The Kier molecular flexibility index (Phi) is 5.15. The molecule has 4 heterocycles. The Labute approximate surface area is 184 Å². The van der Waals surface area contributed by atoms with Crippen LogP contribution in [0, 0.1) is 0 Å². The summed E-state index contributed by atoms with van der Waals surface area (Å²) in [5.74, 6) is 0.124. The first-order chi connectivity index (χ1) is 14.1. The fourth-order valence-corrected chi connectivity index (χ4v) is 5.90. The number of amides is 2. The van der Waals surface area contributed by atoms with Gasteiger partial charge in [-0.15, -0.1) is 22.7 Å². The highest BCUT2D eigenvalue weighted by Gasteiger charge is 2.35. The van der Waals surface area contributed by atoms with Crippen molar-refractivity contribution in [1.82, 2.24) is 20.1 Å². The number of nitrogens with one attached hydrogen (secondary N) is 1. The van der Waals surface area contributed by atoms with Crippen LogP contribution in [0.3, 0.4) is 0 Å². The maximum absolute atomic E-state index is 12.8. The number of benzene rings is 1. The molecule has 1 atom stereocenters. The molecule has 2 aliphatic heterocycles. The summed E-state index contributed by atoms with van der Waals surface area (Å²) in [6.45, 7) is 2.89. The van der Waals surface area contributed by atoms with Crippen LogP contribution >= 0.6 is 38.6 Å². The molecule has 2 amide bonds. The fourth-order valence-electron chi connectivity index (χ4n) is 3.90. The standard InChI is InChI=1S/C20H19BrN4O2S2/c21-13-1-2-16-12(7-13)8-17(29-16)19(26)25-10-15(11-25)23-14-3-5-24(9-14)20(27)18-22-4-6-28-18/h1-2,4,6-8,14-15,23H,3,5,9-11H2. The number of thiophene rings is 1. The molecule has 2 aliphatic rings. The van der Waals surface area contributed by atoms with Crippen molar-refractivity contribution in [3.05, 3.63) is 50.2 Å². The lowest BCUT2D eigenvalue weighted by molar-refractivity contribution is 0.0558. The molecule has 3 aromatic rings. The van der Waals surface area contributed by atoms with Gasteiger partial charge in [-0.2, -0.15) is 0 Å². The Morgan fingerprint density at radius 1 is 1.10 bits per heavy atom. The van der Waals surface area contributed by atoms with Gasteiger partial charge in [0.2, 0.25) is 0 Å². The summed E-state index contributed by atoms with van der Waals surface area (Å²) in [6.07, 6.45) is 2.60. The van der Waals surface area contributed by atoms with E-state index in [-0.39, 0.29) is 17.9 Å². The van der Waals surface area contributed by atoms with E-state index in [0.29, 0.717) is 30.7 Å². The summed E-state index contributed by atoms with van der Waals surface area (Å²) in [5.41, 5.74) is 0. The smallest absolute Gasteiger partial charge is 0.282 e. The summed E-state index contributed by atoms with van der Waals surface area (Å²) in [7, 11) is 0. The molecular formula is C20H19BrN4O2S2. The highest BCUT2D eigenvalue weighted by molar-refractivity contribution is 9.10. The molecule has 6 nitrogen and oxygen atoms in total. The zero-order valence-corrected chi connectivity index (χ0v) is 18.7. The molecule has 0 saturated carbocycles. The molecule has 0 spiro atoms. The lowest BCUT2D eigenvalue weighted by Gasteiger charge is -2.40. The molecule has 1 N–H and O–H groups in total. The Morgan fingerprint density at radius 3 is 2.72 bits per heavy atom. The number of hydrogen-bond donors (Lipinski definition) is 1. The lowest BCUT2D eigenvalue weighted by Crippen LogP contribution is -2.61. The number of nitrogens with zero attached hydrogens (tertiary/aromatic N) is 3. The second-order valence-electron chi connectivity index (χ2n) is 7.44. The van der Waals surface area contributed by atoms with Crippen molar-refractivity contribution in [2.45, 2.75) is 18.5 Å². The van der Waals surface area contributed by atoms with Gasteiger partial charge in [0, 0.05) is 59.0 Å². The minimum absolute atomic E-state index is 0.0195. The first kappa shape index (κ1) is 19.2. The van der Waals surface area contributed by atoms with Crippen LogP contribution in [0.1, 0.15) is 25.9 Å². The number of thiazole rings is 1. The highest BCUT2D eigenvalue weighted by atomic mass is 79.9. The molecule has 2 saturated heterocycles. The number of halogens is 1. The van der Waals surface area contributed by atoms with Gasteiger partial charge in [0.1, 0.15) is 0 Å². The van der Waals surface area contributed by atoms with Crippen molar-refractivity contribution < 1.29 is 9.59 Å². The SMILES string of the molecule is O=C(c1cc2cc(Br)ccc2s1)N1CC(NC2CCN(C(=O)c3nccs3)C2)C1. The third kappa shape index (κ3) is 3.84. The summed E-state index contributed by atoms with van der Waals surface area (Å²) in [5, 5.41) is 7.09. The molecule has 0 bridgehead atoms. The zero-order chi connectivity index (χ0) is 20.0. The fraction of sp³-hybridized carbons (Fsp3) is 0.350. The number of fused-ring (bicyclic) bond motifs is 1. The number of aromatic nitrogens is 1. The Morgan fingerprint density at radius 2 is 1.93 bits per heavy atom. The summed E-state index contributed by atoms with van der Waals surface area (Å²) < 4.78 is 2.15. The number of carbonyl (C=O) groups is 2. The molecule has 29 heavy (non-hydrogen) atoms. The van der Waals surface area contributed by atoms with E-state index in [1.54, 1.807) is 17.5 Å². The Bertz CT molecular complexity index is 1060. The van der Waals surface area contributed by atoms with Crippen LogP contribution in [0.2, 0.25) is 0 Å². The van der Waals surface area contributed by atoms with Crippen LogP contribution in [0.15, 0.2) is 40.3 Å². The number of likely N-dealkylation sites (tertiary alicyclic amines) is 2. The first-order valence-electron chi connectivity index (χ1n) is 9.50. The van der Waals surface area contributed by atoms with Gasteiger partial charge in [-0.25, -0.2) is 4.98 Å². The average Bonchev–Trinajstić information content (AvgIpc) is 3.43. The minimum atomic E-state index is 0.0195. The normalized spacial score (nSPS) is 19.7. The summed E-state index contributed by atoms with van der Waals surface area (Å²) in [4.78, 5) is 33.8. The molecule has 2 aromatic heterocycles. The van der Waals surface area contributed by atoms with Gasteiger partial charge in [0.25, 0.3) is 11.8 Å². The van der Waals surface area contributed by atoms with Crippen LogP contribution in [0.25, 0.3) is 10.1 Å². The Hall–Kier alpha value is -1.81. The number of hydrogen-bond acceptors (Lipinski definition) is 6. The van der Waals surface area contributed by atoms with E-state index in [1.165, 1.54) is 11.3 Å². The molecule has 5 rings (SSSR count). The third-order valence-electron chi connectivity index (χ3n) is 5.42. The quantitative estimate of drug-likeness (QED) is 0.608. The van der Waals surface area contributed by atoms with E-state index in [0.717, 1.165) is 32.4 Å². The second kappa shape index (κ2) is 7.79. The molecule has 1 unspecified atom stereocenters. The van der Waals surface area contributed by atoms with Gasteiger partial charge >= 0.3 is 0 Å². The van der Waals surface area contributed by atoms with E-state index < -0.39 is 0 Å². The average molecular weight is 491 g/mol. The van der Waals surface area contributed by atoms with E-state index in [2.05, 4.69) is 26.2 Å². The van der Waals surface area contributed by atoms with Crippen molar-refractivity contribution in [1.29, 1.82) is 0 Å². The van der Waals surface area contributed by atoms with Crippen molar-refractivity contribution in [2.24, 2.45) is 0 Å². The predicted octanol–water partition coefficient (Wildman–Crippen LogP) is 3.45. The van der Waals surface area contributed by atoms with Crippen LogP contribution < -0.4 is 5.32 Å². The highest BCUT2D eigenvalue weighted by Crippen LogP contribution is 2.30. The van der Waals surface area contributed by atoms with E-state index in [9.17, 15) is 9.59 Å². The van der Waals surface area contributed by atoms with E-state index in [4.69, 9.17) is 0 Å². The molecule has 1 aromatic carbocycles. The summed E-state index contributed by atoms with van der Waals surface area (Å²) >= 11 is 6.41. The van der Waals surface area contributed by atoms with Gasteiger partial charge in [0.15, 0.2) is 5.01 Å². The molecular weight excluding hydrogens is 472 g/mol. The van der Waals surface area contributed by atoms with Gasteiger partial charge in [-0.3, -0.25) is 9.59 Å². The molecule has 0 radical (unpaired) electrons. The van der Waals surface area contributed by atoms with Crippen molar-refractivity contribution >= 4 is 60.5 Å². The van der Waals surface area contributed by atoms with Crippen LogP contribution in [-0.4, -0.2) is 64.9 Å². The molecule has 9 heteroatoms. The second-order valence-corrected chi connectivity index (χ2v) is 10.3. The zero-order valence-electron chi connectivity index (χ0n) is 15.5. The van der Waals surface area contributed by atoms with Crippen molar-refractivity contribution in [3.8, 4) is 0 Å². The Balaban J connectivity index is 1.13. The topological polar surface area (TPSA) is 65.5 Å². The monoisotopic (exact) mass is 490 g/mol. The third-order valence-corrected chi connectivity index (χ3v) is 7.78. The van der Waals surface area contributed by atoms with Gasteiger partial charge < -0.3 is 15.1 Å². The minimum Gasteiger partial charge on any atom is -0.335 e. The predicted molar refractivity (Wildman–Crippen MR) is 119 cm³/mol. The van der Waals surface area contributed by atoms with Gasteiger partial charge in [-0.1, -0.05) is 15.9 Å². The lowest BCUT2D eigenvalue weighted by atomic mass is 10.1. The van der Waals surface area contributed by atoms with Crippen molar-refractivity contribution in [2.75, 3.05) is 26.2 Å². The maximum atomic E-state index is 12.8. The van der Waals surface area contributed by atoms with E-state index in [1.807, 2.05) is 39.4 Å². The molecule has 0 aliphatic carbocycles. The van der Waals surface area contributed by atoms with Crippen LogP contribution in [-0.2, 0) is 0 Å². The van der Waals surface area contributed by atoms with Gasteiger partial charge in [0.05, 0.1) is 4.88 Å².